The molecule has 128 valence electrons. The van der Waals surface area contributed by atoms with Crippen LogP contribution < -0.4 is 4.74 Å². The van der Waals surface area contributed by atoms with Crippen molar-refractivity contribution >= 4 is 5.91 Å². The number of carbonyl (C=O) groups excluding carboxylic acids is 1. The molecule has 3 aromatic rings. The van der Waals surface area contributed by atoms with Crippen molar-refractivity contribution < 1.29 is 9.53 Å². The van der Waals surface area contributed by atoms with E-state index in [4.69, 9.17) is 4.74 Å². The van der Waals surface area contributed by atoms with Gasteiger partial charge in [-0.3, -0.25) is 4.79 Å². The zero-order chi connectivity index (χ0) is 17.8. The summed E-state index contributed by atoms with van der Waals surface area (Å²) in [6.45, 7) is 1.99. The van der Waals surface area contributed by atoms with Gasteiger partial charge in [0, 0.05) is 18.2 Å². The maximum atomic E-state index is 12.8. The molecule has 6 nitrogen and oxygen atoms in total. The monoisotopic (exact) mass is 336 g/mol. The first-order valence-corrected chi connectivity index (χ1v) is 7.97. The third-order valence-corrected chi connectivity index (χ3v) is 4.29. The van der Waals surface area contributed by atoms with Crippen LogP contribution in [0.1, 0.15) is 28.9 Å². The molecule has 1 atom stereocenters. The van der Waals surface area contributed by atoms with E-state index in [1.165, 1.54) is 6.33 Å². The molecule has 0 N–H and O–H groups in total. The minimum atomic E-state index is -0.112. The predicted octanol–water partition coefficient (Wildman–Crippen LogP) is 3.11. The number of amides is 1. The molecule has 1 amide bonds. The zero-order valence-corrected chi connectivity index (χ0v) is 14.5. The third-order valence-electron chi connectivity index (χ3n) is 4.29. The van der Waals surface area contributed by atoms with E-state index >= 15 is 0 Å². The fraction of sp³-hybridized carbons (Fsp3) is 0.211. The van der Waals surface area contributed by atoms with Gasteiger partial charge in [0.25, 0.3) is 5.91 Å². The maximum absolute atomic E-state index is 12.8. The van der Waals surface area contributed by atoms with E-state index in [1.54, 1.807) is 42.2 Å². The lowest BCUT2D eigenvalue weighted by Crippen LogP contribution is -2.29. The predicted molar refractivity (Wildman–Crippen MR) is 94.9 cm³/mol. The van der Waals surface area contributed by atoms with Crippen LogP contribution in [0.2, 0.25) is 0 Å². The number of ether oxygens (including phenoxy) is 1. The number of benzene rings is 2. The van der Waals surface area contributed by atoms with E-state index in [1.807, 2.05) is 43.3 Å². The Morgan fingerprint density at radius 2 is 1.88 bits per heavy atom. The van der Waals surface area contributed by atoms with Crippen molar-refractivity contribution in [3.05, 3.63) is 72.3 Å². The highest BCUT2D eigenvalue weighted by Crippen LogP contribution is 2.29. The SMILES string of the molecule is COc1ccccc1C(C)N(C)C(=O)c1ccc(-n2cncn2)cc1. The fourth-order valence-corrected chi connectivity index (χ4v) is 2.70. The zero-order valence-electron chi connectivity index (χ0n) is 14.5. The van der Waals surface area contributed by atoms with E-state index in [0.29, 0.717) is 5.56 Å². The third kappa shape index (κ3) is 3.38. The number of hydrogen-bond donors (Lipinski definition) is 0. The normalized spacial score (nSPS) is 11.8. The molecule has 3 rings (SSSR count). The van der Waals surface area contributed by atoms with Crippen molar-refractivity contribution in [1.82, 2.24) is 19.7 Å². The summed E-state index contributed by atoms with van der Waals surface area (Å²) >= 11 is 0. The summed E-state index contributed by atoms with van der Waals surface area (Å²) in [5, 5.41) is 4.08. The van der Waals surface area contributed by atoms with Crippen LogP contribution in [0.15, 0.2) is 61.2 Å². The number of carbonyl (C=O) groups is 1. The number of rotatable bonds is 5. The minimum absolute atomic E-state index is 0.0523. The molecule has 0 saturated carbocycles. The molecule has 6 heteroatoms. The van der Waals surface area contributed by atoms with Crippen molar-refractivity contribution in [1.29, 1.82) is 0 Å². The van der Waals surface area contributed by atoms with Crippen LogP contribution in [0.5, 0.6) is 5.75 Å². The molecule has 1 unspecified atom stereocenters. The Kier molecular flexibility index (Phi) is 4.79. The lowest BCUT2D eigenvalue weighted by Gasteiger charge is -2.26. The summed E-state index contributed by atoms with van der Waals surface area (Å²) in [5.41, 5.74) is 2.45. The Hall–Kier alpha value is -3.15. The number of nitrogens with zero attached hydrogens (tertiary/aromatic N) is 4. The molecule has 0 aliphatic rings. The van der Waals surface area contributed by atoms with Gasteiger partial charge in [-0.25, -0.2) is 9.67 Å². The molecule has 2 aromatic carbocycles. The average molecular weight is 336 g/mol. The highest BCUT2D eigenvalue weighted by Gasteiger charge is 2.21. The summed E-state index contributed by atoms with van der Waals surface area (Å²) in [6, 6.07) is 14.9. The summed E-state index contributed by atoms with van der Waals surface area (Å²) in [5.74, 6) is 0.722. The number of para-hydroxylation sites is 1. The summed E-state index contributed by atoms with van der Waals surface area (Å²) in [4.78, 5) is 18.4. The second-order valence-electron chi connectivity index (χ2n) is 5.72. The van der Waals surface area contributed by atoms with E-state index in [-0.39, 0.29) is 11.9 Å². The van der Waals surface area contributed by atoms with Crippen LogP contribution in [0.4, 0.5) is 0 Å². The van der Waals surface area contributed by atoms with Gasteiger partial charge in [0.05, 0.1) is 18.8 Å². The number of aromatic nitrogens is 3. The Balaban J connectivity index is 1.80. The van der Waals surface area contributed by atoms with Crippen LogP contribution in [-0.4, -0.2) is 39.7 Å². The Labute approximate surface area is 146 Å². The highest BCUT2D eigenvalue weighted by atomic mass is 16.5. The van der Waals surface area contributed by atoms with Gasteiger partial charge < -0.3 is 9.64 Å². The molecular weight excluding hydrogens is 316 g/mol. The molecular formula is C19H20N4O2. The molecule has 0 aliphatic heterocycles. The van der Waals surface area contributed by atoms with Gasteiger partial charge in [-0.15, -0.1) is 0 Å². The average Bonchev–Trinajstić information content (AvgIpc) is 3.21. The molecule has 0 fully saturated rings. The van der Waals surface area contributed by atoms with Crippen LogP contribution >= 0.6 is 0 Å². The van der Waals surface area contributed by atoms with Crippen LogP contribution in [0, 0.1) is 0 Å². The molecule has 0 radical (unpaired) electrons. The fourth-order valence-electron chi connectivity index (χ4n) is 2.70. The van der Waals surface area contributed by atoms with Crippen LogP contribution in [0.3, 0.4) is 0 Å². The van der Waals surface area contributed by atoms with Gasteiger partial charge in [-0.05, 0) is 37.3 Å². The molecule has 0 bridgehead atoms. The van der Waals surface area contributed by atoms with Crippen molar-refractivity contribution in [2.24, 2.45) is 0 Å². The smallest absolute Gasteiger partial charge is 0.254 e. The lowest BCUT2D eigenvalue weighted by molar-refractivity contribution is 0.0741. The minimum Gasteiger partial charge on any atom is -0.496 e. The van der Waals surface area contributed by atoms with Crippen LogP contribution in [-0.2, 0) is 0 Å². The van der Waals surface area contributed by atoms with E-state index in [9.17, 15) is 4.79 Å². The van der Waals surface area contributed by atoms with Crippen LogP contribution in [0.25, 0.3) is 5.69 Å². The summed E-state index contributed by atoms with van der Waals surface area (Å²) in [7, 11) is 3.43. The Morgan fingerprint density at radius 1 is 1.16 bits per heavy atom. The summed E-state index contributed by atoms with van der Waals surface area (Å²) in [6.07, 6.45) is 3.09. The van der Waals surface area contributed by atoms with Crippen molar-refractivity contribution in [2.45, 2.75) is 13.0 Å². The van der Waals surface area contributed by atoms with Gasteiger partial charge in [0.15, 0.2) is 0 Å². The second kappa shape index (κ2) is 7.17. The van der Waals surface area contributed by atoms with E-state index in [0.717, 1.165) is 17.0 Å². The topological polar surface area (TPSA) is 60.2 Å². The largest absolute Gasteiger partial charge is 0.496 e. The second-order valence-corrected chi connectivity index (χ2v) is 5.72. The maximum Gasteiger partial charge on any atom is 0.254 e. The number of methoxy groups -OCH3 is 1. The van der Waals surface area contributed by atoms with Gasteiger partial charge in [0.2, 0.25) is 0 Å². The first-order chi connectivity index (χ1) is 12.1. The van der Waals surface area contributed by atoms with E-state index in [2.05, 4.69) is 10.1 Å². The quantitative estimate of drug-likeness (QED) is 0.718. The first-order valence-electron chi connectivity index (χ1n) is 7.97. The van der Waals surface area contributed by atoms with Crippen molar-refractivity contribution in [3.8, 4) is 11.4 Å². The lowest BCUT2D eigenvalue weighted by atomic mass is 10.0. The van der Waals surface area contributed by atoms with Crippen molar-refractivity contribution in [3.63, 3.8) is 0 Å². The first kappa shape index (κ1) is 16.7. The van der Waals surface area contributed by atoms with Crippen molar-refractivity contribution in [2.75, 3.05) is 14.2 Å². The van der Waals surface area contributed by atoms with Gasteiger partial charge in [-0.2, -0.15) is 5.10 Å². The molecule has 0 saturated heterocycles. The van der Waals surface area contributed by atoms with Gasteiger partial charge in [0.1, 0.15) is 18.4 Å². The Bertz CT molecular complexity index is 844. The molecule has 1 heterocycles. The molecule has 25 heavy (non-hydrogen) atoms. The number of hydrogen-bond acceptors (Lipinski definition) is 4. The molecule has 1 aromatic heterocycles. The van der Waals surface area contributed by atoms with E-state index < -0.39 is 0 Å². The van der Waals surface area contributed by atoms with Gasteiger partial charge >= 0.3 is 0 Å². The van der Waals surface area contributed by atoms with Gasteiger partial charge in [-0.1, -0.05) is 18.2 Å². The molecule has 0 spiro atoms. The standard InChI is InChI=1S/C19H20N4O2/c1-14(17-6-4-5-7-18(17)25-3)22(2)19(24)15-8-10-16(11-9-15)23-13-20-12-21-23/h4-14H,1-3H3. The Morgan fingerprint density at radius 3 is 2.52 bits per heavy atom. The molecule has 0 aliphatic carbocycles. The highest BCUT2D eigenvalue weighted by molar-refractivity contribution is 5.94. The summed E-state index contributed by atoms with van der Waals surface area (Å²) < 4.78 is 7.05.